The summed E-state index contributed by atoms with van der Waals surface area (Å²) in [5.74, 6) is 0.649. The molecule has 0 bridgehead atoms. The summed E-state index contributed by atoms with van der Waals surface area (Å²) in [7, 11) is 0. The monoisotopic (exact) mass is 807 g/mol. The van der Waals surface area contributed by atoms with E-state index in [9.17, 15) is 0 Å². The summed E-state index contributed by atoms with van der Waals surface area (Å²) in [6, 6.07) is 74.1. The quantitative estimate of drug-likeness (QED) is 0.153. The van der Waals surface area contributed by atoms with E-state index in [1.54, 1.807) is 0 Å². The SMILES string of the molecule is c1ccc(-c2cc(-c3cc(-n4c5ccccc5c5ncccc54)c(N(c4ccccc4)c4ccccc4)c(-n4c5ccccc5c5ncccc54)c3)nc(-c3ccccc3)n2)cc1. The maximum atomic E-state index is 5.42. The van der Waals surface area contributed by atoms with Crippen molar-refractivity contribution in [2.24, 2.45) is 0 Å². The first-order valence-corrected chi connectivity index (χ1v) is 21.1. The van der Waals surface area contributed by atoms with Crippen LogP contribution in [0.2, 0.25) is 0 Å². The van der Waals surface area contributed by atoms with E-state index in [0.29, 0.717) is 5.82 Å². The molecule has 0 saturated carbocycles. The van der Waals surface area contributed by atoms with Gasteiger partial charge in [0, 0.05) is 51.2 Å². The number of fused-ring (bicyclic) bond motifs is 6. The van der Waals surface area contributed by atoms with Crippen LogP contribution in [0.25, 0.3) is 89.2 Å². The summed E-state index contributed by atoms with van der Waals surface area (Å²) in [5, 5.41) is 2.13. The lowest BCUT2D eigenvalue weighted by Crippen LogP contribution is -2.16. The van der Waals surface area contributed by atoms with E-state index in [0.717, 1.165) is 100 Å². The summed E-state index contributed by atoms with van der Waals surface area (Å²) in [6.07, 6.45) is 3.76. The largest absolute Gasteiger partial charge is 0.307 e. The van der Waals surface area contributed by atoms with Gasteiger partial charge in [-0.05, 0) is 78.9 Å². The molecule has 12 aromatic rings. The summed E-state index contributed by atoms with van der Waals surface area (Å²) in [6.45, 7) is 0. The lowest BCUT2D eigenvalue weighted by atomic mass is 10.0. The van der Waals surface area contributed by atoms with E-state index in [1.165, 1.54) is 0 Å². The van der Waals surface area contributed by atoms with Crippen molar-refractivity contribution in [1.82, 2.24) is 29.1 Å². The van der Waals surface area contributed by atoms with Crippen LogP contribution in [0.15, 0.2) is 225 Å². The van der Waals surface area contributed by atoms with Crippen molar-refractivity contribution >= 4 is 60.9 Å². The third-order valence-electron chi connectivity index (χ3n) is 11.8. The fourth-order valence-electron chi connectivity index (χ4n) is 9.04. The van der Waals surface area contributed by atoms with Gasteiger partial charge in [-0.3, -0.25) is 9.97 Å². The highest BCUT2D eigenvalue weighted by molar-refractivity contribution is 6.10. The highest BCUT2D eigenvalue weighted by Gasteiger charge is 2.28. The Bertz CT molecular complexity index is 3280. The van der Waals surface area contributed by atoms with E-state index in [1.807, 2.05) is 48.8 Å². The van der Waals surface area contributed by atoms with Gasteiger partial charge in [0.1, 0.15) is 0 Å². The first kappa shape index (κ1) is 36.2. The van der Waals surface area contributed by atoms with E-state index in [-0.39, 0.29) is 0 Å². The fraction of sp³-hybridized carbons (Fsp3) is 0. The molecule has 7 heteroatoms. The lowest BCUT2D eigenvalue weighted by Gasteiger charge is -2.31. The van der Waals surface area contributed by atoms with Gasteiger partial charge in [0.15, 0.2) is 5.82 Å². The topological polar surface area (TPSA) is 64.7 Å². The molecule has 7 nitrogen and oxygen atoms in total. The molecule has 0 atom stereocenters. The Morgan fingerprint density at radius 3 is 1.27 bits per heavy atom. The van der Waals surface area contributed by atoms with Crippen molar-refractivity contribution in [2.75, 3.05) is 4.90 Å². The van der Waals surface area contributed by atoms with Crippen molar-refractivity contribution in [3.05, 3.63) is 225 Å². The van der Waals surface area contributed by atoms with E-state index >= 15 is 0 Å². The van der Waals surface area contributed by atoms with Crippen molar-refractivity contribution < 1.29 is 0 Å². The number of hydrogen-bond donors (Lipinski definition) is 0. The highest BCUT2D eigenvalue weighted by Crippen LogP contribution is 2.48. The molecule has 0 radical (unpaired) electrons. The van der Waals surface area contributed by atoms with Gasteiger partial charge in [-0.2, -0.15) is 0 Å². The van der Waals surface area contributed by atoms with Crippen LogP contribution in [0.1, 0.15) is 0 Å². The summed E-state index contributed by atoms with van der Waals surface area (Å²) in [4.78, 5) is 23.0. The Hall–Kier alpha value is -8.68. The maximum absolute atomic E-state index is 5.42. The van der Waals surface area contributed by atoms with Gasteiger partial charge in [0.05, 0.1) is 61.6 Å². The molecule has 0 fully saturated rings. The second-order valence-electron chi connectivity index (χ2n) is 15.5. The minimum absolute atomic E-state index is 0.649. The number of hydrogen-bond acceptors (Lipinski definition) is 5. The summed E-state index contributed by atoms with van der Waals surface area (Å²) >= 11 is 0. The predicted molar refractivity (Wildman–Crippen MR) is 257 cm³/mol. The van der Waals surface area contributed by atoms with E-state index in [2.05, 4.69) is 190 Å². The van der Waals surface area contributed by atoms with E-state index < -0.39 is 0 Å². The van der Waals surface area contributed by atoms with Crippen LogP contribution in [-0.2, 0) is 0 Å². The van der Waals surface area contributed by atoms with Gasteiger partial charge >= 0.3 is 0 Å². The molecule has 0 aliphatic heterocycles. The molecule has 5 aromatic heterocycles. The lowest BCUT2D eigenvalue weighted by molar-refractivity contribution is 1.10. The van der Waals surface area contributed by atoms with Gasteiger partial charge in [-0.25, -0.2) is 9.97 Å². The molecule has 0 N–H and O–H groups in total. The molecule has 5 heterocycles. The van der Waals surface area contributed by atoms with Crippen LogP contribution in [0.4, 0.5) is 17.1 Å². The van der Waals surface area contributed by atoms with Crippen molar-refractivity contribution in [1.29, 1.82) is 0 Å². The number of para-hydroxylation sites is 4. The Balaban J connectivity index is 1.29. The van der Waals surface area contributed by atoms with Gasteiger partial charge in [0.25, 0.3) is 0 Å². The average Bonchev–Trinajstić information content (AvgIpc) is 3.88. The Morgan fingerprint density at radius 2 is 0.762 bits per heavy atom. The molecule has 63 heavy (non-hydrogen) atoms. The second-order valence-corrected chi connectivity index (χ2v) is 15.5. The molecular weight excluding hydrogens is 771 g/mol. The van der Waals surface area contributed by atoms with E-state index in [4.69, 9.17) is 19.9 Å². The smallest absolute Gasteiger partial charge is 0.160 e. The molecule has 0 unspecified atom stereocenters. The summed E-state index contributed by atoms with van der Waals surface area (Å²) < 4.78 is 4.75. The third kappa shape index (κ3) is 6.13. The van der Waals surface area contributed by atoms with Crippen LogP contribution in [0.3, 0.4) is 0 Å². The maximum Gasteiger partial charge on any atom is 0.160 e. The molecule has 0 saturated heterocycles. The molecule has 0 aliphatic rings. The molecule has 296 valence electrons. The third-order valence-corrected chi connectivity index (χ3v) is 11.8. The zero-order chi connectivity index (χ0) is 41.7. The number of benzene rings is 7. The van der Waals surface area contributed by atoms with Gasteiger partial charge < -0.3 is 14.0 Å². The van der Waals surface area contributed by atoms with Crippen molar-refractivity contribution in [3.8, 4) is 45.3 Å². The molecule has 12 rings (SSSR count). The average molecular weight is 808 g/mol. The number of anilines is 3. The Kier molecular flexibility index (Phi) is 8.67. The fourth-order valence-corrected chi connectivity index (χ4v) is 9.04. The zero-order valence-corrected chi connectivity index (χ0v) is 34.0. The number of pyridine rings is 2. The normalized spacial score (nSPS) is 11.5. The Labute approximate surface area is 363 Å². The molecule has 7 aromatic carbocycles. The van der Waals surface area contributed by atoms with Crippen LogP contribution in [0, 0.1) is 0 Å². The molecule has 0 spiro atoms. The minimum atomic E-state index is 0.649. The van der Waals surface area contributed by atoms with Gasteiger partial charge in [0.2, 0.25) is 0 Å². The van der Waals surface area contributed by atoms with Crippen LogP contribution < -0.4 is 4.90 Å². The summed E-state index contributed by atoms with van der Waals surface area (Å²) in [5.41, 5.74) is 15.3. The number of aromatic nitrogens is 6. The standard InChI is InChI=1S/C56H37N7/c1-5-19-38(20-6-1)45-37-46(60-56(59-45)39-21-7-2-8-22-39)40-35-51(62-47-29-15-13-27-43(47)53-49(62)31-17-33-57-53)55(61(41-23-9-3-10-24-41)42-25-11-4-12-26-42)52(36-40)63-48-30-16-14-28-44(48)54-50(63)32-18-34-58-54/h1-37H. The predicted octanol–water partition coefficient (Wildman–Crippen LogP) is 13.9. The molecule has 0 amide bonds. The second kappa shape index (κ2) is 15.1. The highest BCUT2D eigenvalue weighted by atomic mass is 15.2. The molecular formula is C56H37N7. The van der Waals surface area contributed by atoms with Crippen molar-refractivity contribution in [3.63, 3.8) is 0 Å². The Morgan fingerprint density at radius 1 is 0.349 bits per heavy atom. The number of rotatable bonds is 8. The van der Waals surface area contributed by atoms with Gasteiger partial charge in [-0.15, -0.1) is 0 Å². The first-order chi connectivity index (χ1) is 31.3. The molecule has 0 aliphatic carbocycles. The van der Waals surface area contributed by atoms with Gasteiger partial charge in [-0.1, -0.05) is 133 Å². The van der Waals surface area contributed by atoms with Crippen LogP contribution in [-0.4, -0.2) is 29.1 Å². The van der Waals surface area contributed by atoms with Crippen LogP contribution in [0.5, 0.6) is 0 Å². The first-order valence-electron chi connectivity index (χ1n) is 21.1. The number of nitrogens with zero attached hydrogens (tertiary/aromatic N) is 7. The zero-order valence-electron chi connectivity index (χ0n) is 34.0. The van der Waals surface area contributed by atoms with Crippen LogP contribution >= 0.6 is 0 Å². The minimum Gasteiger partial charge on any atom is -0.307 e. The van der Waals surface area contributed by atoms with Crippen molar-refractivity contribution in [2.45, 2.75) is 0 Å².